The van der Waals surface area contributed by atoms with Gasteiger partial charge in [0, 0.05) is 17.1 Å². The van der Waals surface area contributed by atoms with Crippen LogP contribution in [0.5, 0.6) is 0 Å². The van der Waals surface area contributed by atoms with Crippen molar-refractivity contribution in [2.24, 2.45) is 0 Å². The number of furan rings is 1. The molecular formula is C22H18N2O3. The average Bonchev–Trinajstić information content (AvgIpc) is 3.22. The summed E-state index contributed by atoms with van der Waals surface area (Å²) >= 11 is 0. The molecule has 0 saturated heterocycles. The number of benzene rings is 2. The first-order chi connectivity index (χ1) is 13.1. The summed E-state index contributed by atoms with van der Waals surface area (Å²) in [6.45, 7) is 2.21. The van der Waals surface area contributed by atoms with Crippen molar-refractivity contribution in [3.05, 3.63) is 100 Å². The Morgan fingerprint density at radius 1 is 1.04 bits per heavy atom. The van der Waals surface area contributed by atoms with Crippen LogP contribution in [0.3, 0.4) is 0 Å². The highest BCUT2D eigenvalue weighted by atomic mass is 16.3. The van der Waals surface area contributed by atoms with E-state index in [1.807, 2.05) is 55.5 Å². The number of carbonyl (C=O) groups is 1. The Morgan fingerprint density at radius 2 is 1.85 bits per heavy atom. The van der Waals surface area contributed by atoms with E-state index in [2.05, 4.69) is 4.98 Å². The van der Waals surface area contributed by atoms with E-state index >= 15 is 0 Å². The molecule has 0 bridgehead atoms. The number of rotatable bonds is 4. The molecule has 0 aliphatic rings. The Hall–Kier alpha value is -3.60. The standard InChI is InChI=1S/C22H18N2O3/c1-15-7-5-10-18-16(13-20(25)23-21(15)18)14-24(17-8-3-2-4-9-17)22(26)19-11-6-12-27-19/h2-13H,14H2,1H3,(H,23,25). The molecule has 134 valence electrons. The van der Waals surface area contributed by atoms with Gasteiger partial charge in [0.25, 0.3) is 5.91 Å². The average molecular weight is 358 g/mol. The molecule has 0 radical (unpaired) electrons. The number of aromatic nitrogens is 1. The molecule has 0 fully saturated rings. The Labute approximate surface area is 155 Å². The lowest BCUT2D eigenvalue weighted by Crippen LogP contribution is -2.30. The molecule has 2 aromatic carbocycles. The topological polar surface area (TPSA) is 66.3 Å². The van der Waals surface area contributed by atoms with Crippen LogP contribution in [0.2, 0.25) is 0 Å². The summed E-state index contributed by atoms with van der Waals surface area (Å²) in [4.78, 5) is 29.8. The van der Waals surface area contributed by atoms with Crippen molar-refractivity contribution in [1.29, 1.82) is 0 Å². The van der Waals surface area contributed by atoms with E-state index in [0.29, 0.717) is 0 Å². The van der Waals surface area contributed by atoms with Gasteiger partial charge in [-0.3, -0.25) is 9.59 Å². The third-order valence-corrected chi connectivity index (χ3v) is 4.55. The van der Waals surface area contributed by atoms with Crippen molar-refractivity contribution in [3.8, 4) is 0 Å². The number of carbonyl (C=O) groups excluding carboxylic acids is 1. The predicted octanol–water partition coefficient (Wildman–Crippen LogP) is 4.28. The summed E-state index contributed by atoms with van der Waals surface area (Å²) in [7, 11) is 0. The van der Waals surface area contributed by atoms with Crippen LogP contribution in [-0.4, -0.2) is 10.9 Å². The number of H-pyrrole nitrogens is 1. The van der Waals surface area contributed by atoms with Gasteiger partial charge in [0.2, 0.25) is 5.56 Å². The number of nitrogens with zero attached hydrogens (tertiary/aromatic N) is 1. The van der Waals surface area contributed by atoms with E-state index in [-0.39, 0.29) is 23.8 Å². The molecule has 0 atom stereocenters. The highest BCUT2D eigenvalue weighted by molar-refractivity contribution is 6.04. The number of nitrogens with one attached hydrogen (secondary N) is 1. The second-order valence-electron chi connectivity index (χ2n) is 6.36. The molecule has 0 aliphatic heterocycles. The van der Waals surface area contributed by atoms with Crippen LogP contribution in [0.1, 0.15) is 21.7 Å². The summed E-state index contributed by atoms with van der Waals surface area (Å²) in [5, 5.41) is 0.919. The normalized spacial score (nSPS) is 10.9. The summed E-state index contributed by atoms with van der Waals surface area (Å²) < 4.78 is 5.31. The number of amides is 1. The zero-order valence-corrected chi connectivity index (χ0v) is 14.8. The number of para-hydroxylation sites is 2. The fraction of sp³-hybridized carbons (Fsp3) is 0.0909. The first-order valence-corrected chi connectivity index (χ1v) is 8.65. The Bertz CT molecular complexity index is 1150. The highest BCUT2D eigenvalue weighted by Gasteiger charge is 2.21. The number of aromatic amines is 1. The van der Waals surface area contributed by atoms with Crippen molar-refractivity contribution in [3.63, 3.8) is 0 Å². The third kappa shape index (κ3) is 3.27. The summed E-state index contributed by atoms with van der Waals surface area (Å²) in [5.41, 5.74) is 3.10. The van der Waals surface area contributed by atoms with Gasteiger partial charge in [-0.1, -0.05) is 36.4 Å². The number of pyridine rings is 1. The van der Waals surface area contributed by atoms with Crippen LogP contribution in [0.4, 0.5) is 5.69 Å². The molecule has 4 aromatic rings. The molecule has 5 nitrogen and oxygen atoms in total. The highest BCUT2D eigenvalue weighted by Crippen LogP contribution is 2.24. The van der Waals surface area contributed by atoms with E-state index in [1.165, 1.54) is 6.26 Å². The molecule has 1 amide bonds. The fourth-order valence-corrected chi connectivity index (χ4v) is 3.22. The van der Waals surface area contributed by atoms with E-state index in [4.69, 9.17) is 4.42 Å². The Balaban J connectivity index is 1.83. The monoisotopic (exact) mass is 358 g/mol. The van der Waals surface area contributed by atoms with E-state index in [0.717, 1.165) is 27.7 Å². The number of hydrogen-bond acceptors (Lipinski definition) is 3. The van der Waals surface area contributed by atoms with Crippen LogP contribution in [0.25, 0.3) is 10.9 Å². The lowest BCUT2D eigenvalue weighted by Gasteiger charge is -2.23. The number of fused-ring (bicyclic) bond motifs is 1. The van der Waals surface area contributed by atoms with E-state index < -0.39 is 0 Å². The van der Waals surface area contributed by atoms with Gasteiger partial charge in [0.05, 0.1) is 18.3 Å². The molecule has 2 aromatic heterocycles. The van der Waals surface area contributed by atoms with Gasteiger partial charge < -0.3 is 14.3 Å². The minimum atomic E-state index is -0.257. The number of hydrogen-bond donors (Lipinski definition) is 1. The maximum atomic E-state index is 13.0. The van der Waals surface area contributed by atoms with Crippen molar-refractivity contribution < 1.29 is 9.21 Å². The molecule has 2 heterocycles. The van der Waals surface area contributed by atoms with Crippen molar-refractivity contribution >= 4 is 22.5 Å². The third-order valence-electron chi connectivity index (χ3n) is 4.55. The van der Waals surface area contributed by atoms with Crippen LogP contribution in [0.15, 0.2) is 82.2 Å². The quantitative estimate of drug-likeness (QED) is 0.592. The summed E-state index contributed by atoms with van der Waals surface area (Å²) in [6.07, 6.45) is 1.47. The minimum Gasteiger partial charge on any atom is -0.459 e. The molecule has 5 heteroatoms. The van der Waals surface area contributed by atoms with Gasteiger partial charge in [-0.15, -0.1) is 0 Å². The van der Waals surface area contributed by atoms with Crippen LogP contribution in [0, 0.1) is 6.92 Å². The van der Waals surface area contributed by atoms with Gasteiger partial charge in [-0.05, 0) is 42.3 Å². The fourth-order valence-electron chi connectivity index (χ4n) is 3.22. The molecule has 27 heavy (non-hydrogen) atoms. The predicted molar refractivity (Wildman–Crippen MR) is 105 cm³/mol. The van der Waals surface area contributed by atoms with Crippen LogP contribution >= 0.6 is 0 Å². The zero-order chi connectivity index (χ0) is 18.8. The lowest BCUT2D eigenvalue weighted by molar-refractivity contribution is 0.0958. The zero-order valence-electron chi connectivity index (χ0n) is 14.8. The maximum Gasteiger partial charge on any atom is 0.294 e. The van der Waals surface area contributed by atoms with E-state index in [1.54, 1.807) is 23.1 Å². The Morgan fingerprint density at radius 3 is 2.59 bits per heavy atom. The molecule has 0 unspecified atom stereocenters. The first-order valence-electron chi connectivity index (χ1n) is 8.65. The number of aryl methyl sites for hydroxylation is 1. The SMILES string of the molecule is Cc1cccc2c(CN(C(=O)c3ccco3)c3ccccc3)cc(=O)[nH]c12. The van der Waals surface area contributed by atoms with Gasteiger partial charge >= 0.3 is 0 Å². The molecule has 0 aliphatic carbocycles. The molecule has 4 rings (SSSR count). The maximum absolute atomic E-state index is 13.0. The Kier molecular flexibility index (Phi) is 4.34. The molecule has 1 N–H and O–H groups in total. The van der Waals surface area contributed by atoms with E-state index in [9.17, 15) is 9.59 Å². The lowest BCUT2D eigenvalue weighted by atomic mass is 10.0. The van der Waals surface area contributed by atoms with Gasteiger partial charge in [0.1, 0.15) is 0 Å². The first kappa shape index (κ1) is 16.8. The summed E-state index contributed by atoms with van der Waals surface area (Å²) in [6, 6.07) is 20.1. The summed E-state index contributed by atoms with van der Waals surface area (Å²) in [5.74, 6) is -0.00327. The minimum absolute atomic E-state index is 0.190. The second kappa shape index (κ2) is 6.96. The van der Waals surface area contributed by atoms with Gasteiger partial charge in [-0.2, -0.15) is 0 Å². The van der Waals surface area contributed by atoms with Crippen LogP contribution in [-0.2, 0) is 6.54 Å². The van der Waals surface area contributed by atoms with Gasteiger partial charge in [0.15, 0.2) is 5.76 Å². The molecule has 0 spiro atoms. The largest absolute Gasteiger partial charge is 0.459 e. The van der Waals surface area contributed by atoms with Crippen molar-refractivity contribution in [2.75, 3.05) is 4.90 Å². The second-order valence-corrected chi connectivity index (χ2v) is 6.36. The molecule has 0 saturated carbocycles. The van der Waals surface area contributed by atoms with Crippen molar-refractivity contribution in [1.82, 2.24) is 4.98 Å². The number of anilines is 1. The molecular weight excluding hydrogens is 340 g/mol. The van der Waals surface area contributed by atoms with Gasteiger partial charge in [-0.25, -0.2) is 0 Å². The van der Waals surface area contributed by atoms with Crippen molar-refractivity contribution in [2.45, 2.75) is 13.5 Å². The van der Waals surface area contributed by atoms with Crippen LogP contribution < -0.4 is 10.5 Å². The smallest absolute Gasteiger partial charge is 0.294 e.